The highest BCUT2D eigenvalue weighted by atomic mass is 16.4. The largest absolute Gasteiger partial charge is 0.409 e. The molecule has 2 rings (SSSR count). The van der Waals surface area contributed by atoms with Gasteiger partial charge < -0.3 is 15.8 Å². The second-order valence-electron chi connectivity index (χ2n) is 5.05. The maximum Gasteiger partial charge on any atom is 0.253 e. The fourth-order valence-electron chi connectivity index (χ4n) is 2.24. The van der Waals surface area contributed by atoms with Crippen LogP contribution in [-0.2, 0) is 0 Å². The van der Waals surface area contributed by atoms with Gasteiger partial charge in [0.1, 0.15) is 0 Å². The van der Waals surface area contributed by atoms with Crippen molar-refractivity contribution in [3.05, 3.63) is 35.4 Å². The Morgan fingerprint density at radius 3 is 2.74 bits per heavy atom. The summed E-state index contributed by atoms with van der Waals surface area (Å²) in [6.45, 7) is 0.798. The Hall–Kier alpha value is -2.04. The van der Waals surface area contributed by atoms with E-state index in [0.29, 0.717) is 17.0 Å². The third kappa shape index (κ3) is 3.05. The molecule has 1 saturated carbocycles. The van der Waals surface area contributed by atoms with Gasteiger partial charge in [0, 0.05) is 24.7 Å². The Labute approximate surface area is 112 Å². The molecule has 5 nitrogen and oxygen atoms in total. The molecule has 0 unspecified atom stereocenters. The first kappa shape index (κ1) is 13.4. The van der Waals surface area contributed by atoms with Crippen molar-refractivity contribution in [2.45, 2.75) is 19.3 Å². The average Bonchev–Trinajstić information content (AvgIpc) is 2.41. The molecule has 0 spiro atoms. The molecular weight excluding hydrogens is 242 g/mol. The zero-order valence-corrected chi connectivity index (χ0v) is 11.0. The first-order valence-corrected chi connectivity index (χ1v) is 6.45. The third-order valence-corrected chi connectivity index (χ3v) is 3.62. The Balaban J connectivity index is 2.09. The van der Waals surface area contributed by atoms with Crippen LogP contribution in [0.2, 0.25) is 0 Å². The van der Waals surface area contributed by atoms with Crippen molar-refractivity contribution in [3.63, 3.8) is 0 Å². The third-order valence-electron chi connectivity index (χ3n) is 3.62. The summed E-state index contributed by atoms with van der Waals surface area (Å²) in [6.07, 6.45) is 3.69. The highest BCUT2D eigenvalue weighted by molar-refractivity contribution is 6.01. The van der Waals surface area contributed by atoms with Gasteiger partial charge in [0.25, 0.3) is 5.91 Å². The van der Waals surface area contributed by atoms with Crippen molar-refractivity contribution >= 4 is 11.7 Å². The van der Waals surface area contributed by atoms with Gasteiger partial charge in [-0.15, -0.1) is 0 Å². The van der Waals surface area contributed by atoms with Gasteiger partial charge in [-0.05, 0) is 30.9 Å². The summed E-state index contributed by atoms with van der Waals surface area (Å²) in [5.74, 6) is 0.622. The lowest BCUT2D eigenvalue weighted by Gasteiger charge is -2.30. The zero-order valence-electron chi connectivity index (χ0n) is 11.0. The van der Waals surface area contributed by atoms with Crippen LogP contribution < -0.4 is 5.73 Å². The van der Waals surface area contributed by atoms with Gasteiger partial charge in [-0.3, -0.25) is 4.79 Å². The van der Waals surface area contributed by atoms with Crippen LogP contribution in [-0.4, -0.2) is 35.4 Å². The topological polar surface area (TPSA) is 78.9 Å². The van der Waals surface area contributed by atoms with E-state index in [4.69, 9.17) is 10.9 Å². The van der Waals surface area contributed by atoms with Crippen molar-refractivity contribution in [2.24, 2.45) is 16.8 Å². The quantitative estimate of drug-likeness (QED) is 0.374. The standard InChI is InChI=1S/C14H19N3O2/c1-17(9-10-4-2-5-10)14(18)12-7-3-6-11(8-12)13(15)16-19/h3,6-8,10,19H,2,4-5,9H2,1H3,(H2,15,16). The highest BCUT2D eigenvalue weighted by Gasteiger charge is 2.22. The molecule has 1 aliphatic carbocycles. The molecule has 3 N–H and O–H groups in total. The first-order valence-electron chi connectivity index (χ1n) is 6.45. The molecule has 0 aliphatic heterocycles. The predicted molar refractivity (Wildman–Crippen MR) is 73.3 cm³/mol. The molecule has 0 heterocycles. The lowest BCUT2D eigenvalue weighted by molar-refractivity contribution is 0.0745. The SMILES string of the molecule is CN(CC1CCC1)C(=O)c1cccc(C(N)=NO)c1. The van der Waals surface area contributed by atoms with E-state index in [2.05, 4.69) is 5.16 Å². The van der Waals surface area contributed by atoms with Gasteiger partial charge in [-0.2, -0.15) is 0 Å². The lowest BCUT2D eigenvalue weighted by Crippen LogP contribution is -2.34. The van der Waals surface area contributed by atoms with E-state index in [-0.39, 0.29) is 11.7 Å². The number of carbonyl (C=O) groups is 1. The number of amides is 1. The Morgan fingerprint density at radius 2 is 2.16 bits per heavy atom. The van der Waals surface area contributed by atoms with Crippen molar-refractivity contribution in [3.8, 4) is 0 Å². The molecule has 19 heavy (non-hydrogen) atoms. The van der Waals surface area contributed by atoms with Crippen LogP contribution in [0.1, 0.15) is 35.2 Å². The van der Waals surface area contributed by atoms with Crippen LogP contribution in [0, 0.1) is 5.92 Å². The van der Waals surface area contributed by atoms with E-state index in [1.165, 1.54) is 19.3 Å². The van der Waals surface area contributed by atoms with Crippen molar-refractivity contribution in [2.75, 3.05) is 13.6 Å². The molecule has 1 aliphatic rings. The number of nitrogens with two attached hydrogens (primary N) is 1. The van der Waals surface area contributed by atoms with E-state index < -0.39 is 0 Å². The summed E-state index contributed by atoms with van der Waals surface area (Å²) in [5, 5.41) is 11.6. The highest BCUT2D eigenvalue weighted by Crippen LogP contribution is 2.27. The number of carbonyl (C=O) groups excluding carboxylic acids is 1. The van der Waals surface area contributed by atoms with Crippen LogP contribution in [0.25, 0.3) is 0 Å². The molecule has 0 atom stereocenters. The minimum absolute atomic E-state index is 0.0105. The molecule has 0 bridgehead atoms. The van der Waals surface area contributed by atoms with Crippen molar-refractivity contribution in [1.29, 1.82) is 0 Å². The molecule has 5 heteroatoms. The van der Waals surface area contributed by atoms with E-state index in [1.807, 2.05) is 7.05 Å². The zero-order chi connectivity index (χ0) is 13.8. The number of hydrogen-bond donors (Lipinski definition) is 2. The molecule has 0 radical (unpaired) electrons. The maximum absolute atomic E-state index is 12.3. The molecule has 0 aromatic heterocycles. The monoisotopic (exact) mass is 261 g/mol. The second kappa shape index (κ2) is 5.73. The lowest BCUT2D eigenvalue weighted by atomic mass is 9.85. The number of oxime groups is 1. The average molecular weight is 261 g/mol. The van der Waals surface area contributed by atoms with Crippen LogP contribution in [0.4, 0.5) is 0 Å². The fourth-order valence-corrected chi connectivity index (χ4v) is 2.24. The molecular formula is C14H19N3O2. The number of hydrogen-bond acceptors (Lipinski definition) is 3. The number of amidine groups is 1. The second-order valence-corrected chi connectivity index (χ2v) is 5.05. The molecule has 1 aromatic rings. The Kier molecular flexibility index (Phi) is 4.04. The van der Waals surface area contributed by atoms with Gasteiger partial charge in [0.15, 0.2) is 5.84 Å². The number of rotatable bonds is 4. The minimum atomic E-state index is -0.0283. The van der Waals surface area contributed by atoms with Crippen LogP contribution in [0.15, 0.2) is 29.4 Å². The van der Waals surface area contributed by atoms with Gasteiger partial charge in [-0.25, -0.2) is 0 Å². The Morgan fingerprint density at radius 1 is 1.47 bits per heavy atom. The van der Waals surface area contributed by atoms with Crippen molar-refractivity contribution < 1.29 is 10.0 Å². The fraction of sp³-hybridized carbons (Fsp3) is 0.429. The van der Waals surface area contributed by atoms with E-state index >= 15 is 0 Å². The molecule has 1 aromatic carbocycles. The first-order chi connectivity index (χ1) is 9.11. The smallest absolute Gasteiger partial charge is 0.253 e. The summed E-state index contributed by atoms with van der Waals surface area (Å²) in [5.41, 5.74) is 6.63. The van der Waals surface area contributed by atoms with Gasteiger partial charge in [-0.1, -0.05) is 23.7 Å². The van der Waals surface area contributed by atoms with Crippen LogP contribution in [0.3, 0.4) is 0 Å². The van der Waals surface area contributed by atoms with Gasteiger partial charge >= 0.3 is 0 Å². The summed E-state index contributed by atoms with van der Waals surface area (Å²) >= 11 is 0. The van der Waals surface area contributed by atoms with E-state index in [1.54, 1.807) is 29.2 Å². The summed E-state index contributed by atoms with van der Waals surface area (Å²) in [4.78, 5) is 14.0. The van der Waals surface area contributed by atoms with Crippen LogP contribution >= 0.6 is 0 Å². The van der Waals surface area contributed by atoms with E-state index in [9.17, 15) is 4.79 Å². The summed E-state index contributed by atoms with van der Waals surface area (Å²) in [7, 11) is 1.82. The van der Waals surface area contributed by atoms with Crippen LogP contribution in [0.5, 0.6) is 0 Å². The molecule has 102 valence electrons. The summed E-state index contributed by atoms with van der Waals surface area (Å²) < 4.78 is 0. The minimum Gasteiger partial charge on any atom is -0.409 e. The predicted octanol–water partition coefficient (Wildman–Crippen LogP) is 1.65. The molecule has 1 amide bonds. The van der Waals surface area contributed by atoms with Crippen molar-refractivity contribution in [1.82, 2.24) is 4.90 Å². The normalized spacial score (nSPS) is 15.9. The number of nitrogens with zero attached hydrogens (tertiary/aromatic N) is 2. The number of benzene rings is 1. The molecule has 1 fully saturated rings. The summed E-state index contributed by atoms with van der Waals surface area (Å²) in [6, 6.07) is 6.83. The maximum atomic E-state index is 12.3. The molecule has 0 saturated heterocycles. The Bertz CT molecular complexity index is 495. The van der Waals surface area contributed by atoms with E-state index in [0.717, 1.165) is 6.54 Å². The van der Waals surface area contributed by atoms with Gasteiger partial charge in [0.05, 0.1) is 0 Å². The van der Waals surface area contributed by atoms with Gasteiger partial charge in [0.2, 0.25) is 0 Å².